The zero-order valence-corrected chi connectivity index (χ0v) is 19.9. The molecule has 1 atom stereocenters. The molecule has 31 heavy (non-hydrogen) atoms. The molecular formula is C26H36N2O3. The van der Waals surface area contributed by atoms with Gasteiger partial charge in [0.1, 0.15) is 11.8 Å². The van der Waals surface area contributed by atoms with Crippen molar-refractivity contribution in [1.82, 2.24) is 10.2 Å². The molecule has 5 nitrogen and oxygen atoms in total. The predicted octanol–water partition coefficient (Wildman–Crippen LogP) is 4.63. The third-order valence-corrected chi connectivity index (χ3v) is 5.53. The Morgan fingerprint density at radius 2 is 1.71 bits per heavy atom. The number of amides is 2. The Bertz CT molecular complexity index is 921. The van der Waals surface area contributed by atoms with Crippen molar-refractivity contribution in [2.75, 3.05) is 6.61 Å². The second-order valence-electron chi connectivity index (χ2n) is 8.53. The standard InChI is InChI=1S/C26H36N2O3/c1-8-23(26(30)27-17(2)3)28(15-22-12-10-9-11-19(22)5)25(29)16-31-24-14-18(4)13-20(6)21(24)7/h9-14,17,23H,8,15-16H2,1-7H3,(H,27,30). The number of hydrogen-bond donors (Lipinski definition) is 1. The van der Waals surface area contributed by atoms with Crippen molar-refractivity contribution in [1.29, 1.82) is 0 Å². The molecular weight excluding hydrogens is 388 g/mol. The number of ether oxygens (including phenoxy) is 1. The molecule has 0 saturated heterocycles. The van der Waals surface area contributed by atoms with E-state index in [1.165, 1.54) is 0 Å². The van der Waals surface area contributed by atoms with Crippen LogP contribution in [0.5, 0.6) is 5.75 Å². The van der Waals surface area contributed by atoms with Crippen LogP contribution in [0.2, 0.25) is 0 Å². The fourth-order valence-corrected chi connectivity index (χ4v) is 3.64. The van der Waals surface area contributed by atoms with E-state index in [9.17, 15) is 9.59 Å². The molecule has 2 amide bonds. The molecule has 1 unspecified atom stereocenters. The Morgan fingerprint density at radius 1 is 1.03 bits per heavy atom. The van der Waals surface area contributed by atoms with Crippen LogP contribution in [-0.4, -0.2) is 35.4 Å². The smallest absolute Gasteiger partial charge is 0.261 e. The van der Waals surface area contributed by atoms with E-state index in [1.54, 1.807) is 4.90 Å². The fourth-order valence-electron chi connectivity index (χ4n) is 3.64. The first-order valence-corrected chi connectivity index (χ1v) is 11.0. The molecule has 1 N–H and O–H groups in total. The zero-order chi connectivity index (χ0) is 23.1. The van der Waals surface area contributed by atoms with Gasteiger partial charge in [-0.05, 0) is 81.8 Å². The molecule has 0 aliphatic carbocycles. The molecule has 2 rings (SSSR count). The van der Waals surface area contributed by atoms with Gasteiger partial charge in [-0.25, -0.2) is 0 Å². The lowest BCUT2D eigenvalue weighted by Gasteiger charge is -2.31. The summed E-state index contributed by atoms with van der Waals surface area (Å²) in [6.07, 6.45) is 0.527. The van der Waals surface area contributed by atoms with Gasteiger partial charge in [0.15, 0.2) is 6.61 Å². The number of rotatable bonds is 9. The number of hydrogen-bond acceptors (Lipinski definition) is 3. The lowest BCUT2D eigenvalue weighted by atomic mass is 10.1. The van der Waals surface area contributed by atoms with Gasteiger partial charge in [0, 0.05) is 12.6 Å². The van der Waals surface area contributed by atoms with Gasteiger partial charge in [-0.2, -0.15) is 0 Å². The van der Waals surface area contributed by atoms with Crippen LogP contribution in [0.3, 0.4) is 0 Å². The summed E-state index contributed by atoms with van der Waals surface area (Å²) < 4.78 is 5.94. The topological polar surface area (TPSA) is 58.6 Å². The molecule has 168 valence electrons. The summed E-state index contributed by atoms with van der Waals surface area (Å²) in [6, 6.07) is 11.4. The second-order valence-corrected chi connectivity index (χ2v) is 8.53. The highest BCUT2D eigenvalue weighted by Gasteiger charge is 2.29. The van der Waals surface area contributed by atoms with Crippen LogP contribution in [0.25, 0.3) is 0 Å². The van der Waals surface area contributed by atoms with Crippen molar-refractivity contribution in [3.8, 4) is 5.75 Å². The van der Waals surface area contributed by atoms with Crippen LogP contribution in [-0.2, 0) is 16.1 Å². The summed E-state index contributed by atoms with van der Waals surface area (Å²) >= 11 is 0. The summed E-state index contributed by atoms with van der Waals surface area (Å²) in [6.45, 7) is 14.1. The van der Waals surface area contributed by atoms with Crippen molar-refractivity contribution in [2.45, 2.75) is 73.5 Å². The van der Waals surface area contributed by atoms with Gasteiger partial charge in [-0.1, -0.05) is 37.3 Å². The molecule has 0 aliphatic heterocycles. The van der Waals surface area contributed by atoms with Crippen LogP contribution in [0.1, 0.15) is 55.0 Å². The number of nitrogens with zero attached hydrogens (tertiary/aromatic N) is 1. The Hall–Kier alpha value is -2.82. The minimum Gasteiger partial charge on any atom is -0.483 e. The maximum absolute atomic E-state index is 13.3. The summed E-state index contributed by atoms with van der Waals surface area (Å²) in [5.41, 5.74) is 5.35. The van der Waals surface area contributed by atoms with E-state index >= 15 is 0 Å². The van der Waals surface area contributed by atoms with Gasteiger partial charge in [0.2, 0.25) is 5.91 Å². The summed E-state index contributed by atoms with van der Waals surface area (Å²) in [7, 11) is 0. The normalized spacial score (nSPS) is 11.9. The van der Waals surface area contributed by atoms with Crippen LogP contribution >= 0.6 is 0 Å². The van der Waals surface area contributed by atoms with Crippen LogP contribution in [0.4, 0.5) is 0 Å². The number of benzene rings is 2. The summed E-state index contributed by atoms with van der Waals surface area (Å²) in [5.74, 6) is 0.371. The Labute approximate surface area is 186 Å². The number of nitrogens with one attached hydrogen (secondary N) is 1. The lowest BCUT2D eigenvalue weighted by Crippen LogP contribution is -2.51. The molecule has 0 saturated carbocycles. The second kappa shape index (κ2) is 11.0. The van der Waals surface area contributed by atoms with Gasteiger partial charge in [-0.15, -0.1) is 0 Å². The Morgan fingerprint density at radius 3 is 2.32 bits per heavy atom. The summed E-state index contributed by atoms with van der Waals surface area (Å²) in [4.78, 5) is 27.9. The van der Waals surface area contributed by atoms with E-state index in [2.05, 4.69) is 11.4 Å². The SMILES string of the molecule is CCC(C(=O)NC(C)C)N(Cc1ccccc1C)C(=O)COc1cc(C)cc(C)c1C. The number of carbonyl (C=O) groups is 2. The number of aryl methyl sites for hydroxylation is 3. The third kappa shape index (κ3) is 6.58. The van der Waals surface area contributed by atoms with Crippen molar-refractivity contribution >= 4 is 11.8 Å². The van der Waals surface area contributed by atoms with E-state index in [0.29, 0.717) is 18.7 Å². The minimum atomic E-state index is -0.557. The summed E-state index contributed by atoms with van der Waals surface area (Å²) in [5, 5.41) is 2.95. The van der Waals surface area contributed by atoms with E-state index in [-0.39, 0.29) is 24.5 Å². The first-order chi connectivity index (χ1) is 14.6. The largest absolute Gasteiger partial charge is 0.483 e. The highest BCUT2D eigenvalue weighted by molar-refractivity contribution is 5.88. The highest BCUT2D eigenvalue weighted by atomic mass is 16.5. The molecule has 0 fully saturated rings. The number of carbonyl (C=O) groups excluding carboxylic acids is 2. The van der Waals surface area contributed by atoms with Gasteiger partial charge >= 0.3 is 0 Å². The third-order valence-electron chi connectivity index (χ3n) is 5.53. The molecule has 0 radical (unpaired) electrons. The maximum Gasteiger partial charge on any atom is 0.261 e. The highest BCUT2D eigenvalue weighted by Crippen LogP contribution is 2.24. The molecule has 0 aromatic heterocycles. The lowest BCUT2D eigenvalue weighted by molar-refractivity contribution is -0.143. The van der Waals surface area contributed by atoms with Crippen LogP contribution in [0, 0.1) is 27.7 Å². The quantitative estimate of drug-likeness (QED) is 0.638. The molecule has 0 aliphatic rings. The first kappa shape index (κ1) is 24.4. The molecule has 2 aromatic carbocycles. The molecule has 0 spiro atoms. The predicted molar refractivity (Wildman–Crippen MR) is 125 cm³/mol. The van der Waals surface area contributed by atoms with E-state index in [4.69, 9.17) is 4.74 Å². The molecule has 2 aromatic rings. The first-order valence-electron chi connectivity index (χ1n) is 11.0. The molecule has 0 bridgehead atoms. The van der Waals surface area contributed by atoms with Crippen molar-refractivity contribution in [2.24, 2.45) is 0 Å². The average molecular weight is 425 g/mol. The van der Waals surface area contributed by atoms with Crippen molar-refractivity contribution in [3.63, 3.8) is 0 Å². The van der Waals surface area contributed by atoms with E-state index in [0.717, 1.165) is 27.8 Å². The van der Waals surface area contributed by atoms with E-state index < -0.39 is 6.04 Å². The van der Waals surface area contributed by atoms with Gasteiger partial charge in [0.25, 0.3) is 5.91 Å². The van der Waals surface area contributed by atoms with Gasteiger partial charge in [-0.3, -0.25) is 9.59 Å². The van der Waals surface area contributed by atoms with Crippen molar-refractivity contribution in [3.05, 3.63) is 64.2 Å². The van der Waals surface area contributed by atoms with Crippen LogP contribution < -0.4 is 10.1 Å². The monoisotopic (exact) mass is 424 g/mol. The minimum absolute atomic E-state index is 0.00568. The Balaban J connectivity index is 2.29. The maximum atomic E-state index is 13.3. The Kier molecular flexibility index (Phi) is 8.66. The molecule has 0 heterocycles. The zero-order valence-electron chi connectivity index (χ0n) is 19.9. The van der Waals surface area contributed by atoms with Crippen LogP contribution in [0.15, 0.2) is 36.4 Å². The fraction of sp³-hybridized carbons (Fsp3) is 0.462. The van der Waals surface area contributed by atoms with E-state index in [1.807, 2.05) is 78.8 Å². The van der Waals surface area contributed by atoms with Gasteiger partial charge < -0.3 is 15.0 Å². The van der Waals surface area contributed by atoms with Gasteiger partial charge in [0.05, 0.1) is 0 Å². The molecule has 5 heteroatoms. The van der Waals surface area contributed by atoms with Crippen molar-refractivity contribution < 1.29 is 14.3 Å². The average Bonchev–Trinajstić information content (AvgIpc) is 2.70.